The molecule has 0 aromatic carbocycles. The van der Waals surface area contributed by atoms with Crippen LogP contribution in [0.5, 0.6) is 0 Å². The largest absolute Gasteiger partial charge is 0.358 e. The first-order valence-electron chi connectivity index (χ1n) is 5.57. The summed E-state index contributed by atoms with van der Waals surface area (Å²) in [6, 6.07) is 0. The van der Waals surface area contributed by atoms with Crippen LogP contribution < -0.4 is 5.32 Å². The maximum absolute atomic E-state index is 11.9. The average molecular weight is 210 g/mol. The van der Waals surface area contributed by atoms with Crippen molar-refractivity contribution >= 4 is 11.8 Å². The topological polar surface area (TPSA) is 49.4 Å². The molecule has 2 amide bonds. The molecule has 0 bridgehead atoms. The fraction of sp³-hybridized carbons (Fsp3) is 0.818. The van der Waals surface area contributed by atoms with Gasteiger partial charge in [0.25, 0.3) is 0 Å². The summed E-state index contributed by atoms with van der Waals surface area (Å²) in [6.07, 6.45) is 3.41. The quantitative estimate of drug-likeness (QED) is 0.725. The van der Waals surface area contributed by atoms with E-state index >= 15 is 0 Å². The minimum atomic E-state index is -0.103. The Balaban J connectivity index is 1.82. The van der Waals surface area contributed by atoms with Crippen LogP contribution in [0.15, 0.2) is 0 Å². The number of hydrogen-bond acceptors (Lipinski definition) is 2. The molecule has 4 nitrogen and oxygen atoms in total. The van der Waals surface area contributed by atoms with Crippen molar-refractivity contribution in [1.82, 2.24) is 10.2 Å². The van der Waals surface area contributed by atoms with Crippen LogP contribution in [-0.2, 0) is 9.59 Å². The first-order valence-corrected chi connectivity index (χ1v) is 5.57. The maximum atomic E-state index is 11.9. The lowest BCUT2D eigenvalue weighted by Crippen LogP contribution is -2.39. The van der Waals surface area contributed by atoms with E-state index in [1.165, 1.54) is 6.42 Å². The molecular weight excluding hydrogens is 192 g/mol. The van der Waals surface area contributed by atoms with Crippen molar-refractivity contribution in [2.24, 2.45) is 17.8 Å². The van der Waals surface area contributed by atoms with E-state index in [0.717, 1.165) is 24.7 Å². The number of likely N-dealkylation sites (N-methyl/N-ethyl adjacent to an activating group) is 2. The van der Waals surface area contributed by atoms with Crippen molar-refractivity contribution in [3.05, 3.63) is 0 Å². The first kappa shape index (κ1) is 10.5. The highest BCUT2D eigenvalue weighted by Crippen LogP contribution is 2.54. The molecule has 0 aromatic heterocycles. The van der Waals surface area contributed by atoms with Crippen LogP contribution >= 0.6 is 0 Å². The maximum Gasteiger partial charge on any atom is 0.239 e. The zero-order chi connectivity index (χ0) is 11.0. The van der Waals surface area contributed by atoms with Gasteiger partial charge in [-0.25, -0.2) is 0 Å². The second-order valence-electron chi connectivity index (χ2n) is 4.79. The Kier molecular flexibility index (Phi) is 2.67. The molecule has 2 aliphatic rings. The fourth-order valence-electron chi connectivity index (χ4n) is 2.60. The molecule has 2 fully saturated rings. The number of rotatable bonds is 3. The van der Waals surface area contributed by atoms with Crippen LogP contribution in [0, 0.1) is 17.8 Å². The number of hydrogen-bond donors (Lipinski definition) is 1. The number of nitrogens with zero attached hydrogens (tertiary/aromatic N) is 1. The van der Waals surface area contributed by atoms with E-state index in [1.54, 1.807) is 19.0 Å². The second-order valence-corrected chi connectivity index (χ2v) is 4.79. The van der Waals surface area contributed by atoms with Gasteiger partial charge in [-0.3, -0.25) is 9.59 Å². The lowest BCUT2D eigenvalue weighted by atomic mass is 10.0. The van der Waals surface area contributed by atoms with Gasteiger partial charge in [0.05, 0.1) is 6.54 Å². The summed E-state index contributed by atoms with van der Waals surface area (Å²) < 4.78 is 0. The van der Waals surface area contributed by atoms with Gasteiger partial charge in [-0.1, -0.05) is 0 Å². The summed E-state index contributed by atoms with van der Waals surface area (Å²) in [7, 11) is 3.30. The van der Waals surface area contributed by atoms with Crippen molar-refractivity contribution in [2.45, 2.75) is 19.3 Å². The Labute approximate surface area is 90.0 Å². The summed E-state index contributed by atoms with van der Waals surface area (Å²) >= 11 is 0. The molecule has 2 atom stereocenters. The smallest absolute Gasteiger partial charge is 0.239 e. The third-order valence-corrected chi connectivity index (χ3v) is 3.63. The summed E-state index contributed by atoms with van der Waals surface area (Å²) in [6.45, 7) is 0.182. The van der Waals surface area contributed by atoms with Gasteiger partial charge in [0.15, 0.2) is 0 Å². The minimum absolute atomic E-state index is 0.103. The van der Waals surface area contributed by atoms with Crippen LogP contribution in [0.25, 0.3) is 0 Å². The molecule has 2 saturated carbocycles. The highest BCUT2D eigenvalue weighted by molar-refractivity contribution is 5.85. The third-order valence-electron chi connectivity index (χ3n) is 3.63. The predicted octanol–water partition coefficient (Wildman–Crippen LogP) is 0.237. The lowest BCUT2D eigenvalue weighted by molar-refractivity contribution is -0.138. The van der Waals surface area contributed by atoms with Gasteiger partial charge >= 0.3 is 0 Å². The predicted molar refractivity (Wildman–Crippen MR) is 56.0 cm³/mol. The van der Waals surface area contributed by atoms with Crippen molar-refractivity contribution in [3.8, 4) is 0 Å². The number of carbonyl (C=O) groups excluding carboxylic acids is 2. The number of fused-ring (bicyclic) bond motifs is 1. The zero-order valence-electron chi connectivity index (χ0n) is 9.32. The van der Waals surface area contributed by atoms with E-state index in [0.29, 0.717) is 0 Å². The number of nitrogens with one attached hydrogen (secondary N) is 1. The molecule has 0 aromatic rings. The van der Waals surface area contributed by atoms with E-state index in [4.69, 9.17) is 0 Å². The molecule has 84 valence electrons. The summed E-state index contributed by atoms with van der Waals surface area (Å²) in [4.78, 5) is 24.6. The van der Waals surface area contributed by atoms with Gasteiger partial charge in [-0.15, -0.1) is 0 Å². The van der Waals surface area contributed by atoms with Crippen molar-refractivity contribution < 1.29 is 9.59 Å². The van der Waals surface area contributed by atoms with Crippen molar-refractivity contribution in [2.75, 3.05) is 20.6 Å². The van der Waals surface area contributed by atoms with E-state index < -0.39 is 0 Å². The highest BCUT2D eigenvalue weighted by Gasteiger charge is 2.48. The normalized spacial score (nSPS) is 32.0. The van der Waals surface area contributed by atoms with E-state index in [-0.39, 0.29) is 24.3 Å². The van der Waals surface area contributed by atoms with Gasteiger partial charge in [0.1, 0.15) is 0 Å². The summed E-state index contributed by atoms with van der Waals surface area (Å²) in [5.74, 6) is 1.85. The van der Waals surface area contributed by atoms with Crippen LogP contribution in [0.3, 0.4) is 0 Å². The molecule has 2 rings (SSSR count). The molecule has 0 spiro atoms. The van der Waals surface area contributed by atoms with Gasteiger partial charge in [0.2, 0.25) is 11.8 Å². The van der Waals surface area contributed by atoms with Crippen molar-refractivity contribution in [3.63, 3.8) is 0 Å². The second kappa shape index (κ2) is 3.83. The Morgan fingerprint density at radius 1 is 1.27 bits per heavy atom. The van der Waals surface area contributed by atoms with Gasteiger partial charge in [-0.05, 0) is 31.1 Å². The molecule has 0 radical (unpaired) electrons. The molecule has 4 heteroatoms. The molecular formula is C11H18N2O2. The molecule has 2 aliphatic carbocycles. The Bertz CT molecular complexity index is 280. The highest BCUT2D eigenvalue weighted by atomic mass is 16.2. The zero-order valence-corrected chi connectivity index (χ0v) is 9.32. The first-order chi connectivity index (χ1) is 7.11. The molecule has 15 heavy (non-hydrogen) atoms. The van der Waals surface area contributed by atoms with Gasteiger partial charge < -0.3 is 10.2 Å². The van der Waals surface area contributed by atoms with Gasteiger partial charge in [-0.2, -0.15) is 0 Å². The van der Waals surface area contributed by atoms with Gasteiger partial charge in [0, 0.05) is 20.0 Å². The Hall–Kier alpha value is -1.06. The molecule has 1 N–H and O–H groups in total. The number of amides is 2. The van der Waals surface area contributed by atoms with E-state index in [2.05, 4.69) is 5.32 Å². The number of carbonyl (C=O) groups is 2. The lowest BCUT2D eigenvalue weighted by Gasteiger charge is -2.20. The van der Waals surface area contributed by atoms with Crippen LogP contribution in [0.4, 0.5) is 0 Å². The standard InChI is InChI=1S/C11H18N2O2/c1-12-10(14)6-13(2)11(15)9-4-7-3-8(7)5-9/h7-9H,3-6H2,1-2H3,(H,12,14). The molecule has 2 unspecified atom stereocenters. The Morgan fingerprint density at radius 3 is 2.40 bits per heavy atom. The van der Waals surface area contributed by atoms with Crippen molar-refractivity contribution in [1.29, 1.82) is 0 Å². The third kappa shape index (κ3) is 2.13. The molecule has 0 aliphatic heterocycles. The van der Waals surface area contributed by atoms with Crippen LogP contribution in [0.2, 0.25) is 0 Å². The molecule has 0 heterocycles. The van der Waals surface area contributed by atoms with E-state index in [9.17, 15) is 9.59 Å². The molecule has 0 saturated heterocycles. The summed E-state index contributed by atoms with van der Waals surface area (Å²) in [5, 5.41) is 2.53. The monoisotopic (exact) mass is 210 g/mol. The van der Waals surface area contributed by atoms with Crippen LogP contribution in [-0.4, -0.2) is 37.4 Å². The fourth-order valence-corrected chi connectivity index (χ4v) is 2.60. The van der Waals surface area contributed by atoms with Crippen LogP contribution in [0.1, 0.15) is 19.3 Å². The van der Waals surface area contributed by atoms with E-state index in [1.807, 2.05) is 0 Å². The Morgan fingerprint density at radius 2 is 1.87 bits per heavy atom. The minimum Gasteiger partial charge on any atom is -0.358 e. The summed E-state index contributed by atoms with van der Waals surface area (Å²) in [5.41, 5.74) is 0. The average Bonchev–Trinajstić information content (AvgIpc) is 2.84. The SMILES string of the molecule is CNC(=O)CN(C)C(=O)C1CC2CC2C1.